The van der Waals surface area contributed by atoms with Gasteiger partial charge in [-0.2, -0.15) is 13.2 Å². The Kier molecular flexibility index (Phi) is 3.97. The van der Waals surface area contributed by atoms with E-state index in [9.17, 15) is 23.3 Å². The summed E-state index contributed by atoms with van der Waals surface area (Å²) in [5.41, 5.74) is 0.252. The van der Waals surface area contributed by atoms with Crippen molar-refractivity contribution in [2.45, 2.75) is 38.6 Å². The molecule has 0 bridgehead atoms. The van der Waals surface area contributed by atoms with E-state index in [-0.39, 0.29) is 17.4 Å². The molecule has 116 valence electrons. The molecular formula is C13H15F3N2O3. The van der Waals surface area contributed by atoms with Gasteiger partial charge in [0.1, 0.15) is 11.9 Å². The topological polar surface area (TPSA) is 64.4 Å². The van der Waals surface area contributed by atoms with Crippen LogP contribution >= 0.6 is 0 Å². The van der Waals surface area contributed by atoms with E-state index in [1.807, 2.05) is 0 Å². The smallest absolute Gasteiger partial charge is 0.392 e. The summed E-state index contributed by atoms with van der Waals surface area (Å²) in [4.78, 5) is 10.1. The third-order valence-corrected chi connectivity index (χ3v) is 3.33. The first-order valence-electron chi connectivity index (χ1n) is 6.46. The number of benzene rings is 1. The van der Waals surface area contributed by atoms with E-state index in [1.54, 1.807) is 13.8 Å². The highest BCUT2D eigenvalue weighted by molar-refractivity contribution is 5.62. The van der Waals surface area contributed by atoms with E-state index in [0.717, 1.165) is 6.07 Å². The lowest BCUT2D eigenvalue weighted by Crippen LogP contribution is -2.46. The van der Waals surface area contributed by atoms with E-state index < -0.39 is 29.7 Å². The van der Waals surface area contributed by atoms with Gasteiger partial charge in [-0.25, -0.2) is 0 Å². The molecule has 0 amide bonds. The van der Waals surface area contributed by atoms with Crippen LogP contribution in [0.25, 0.3) is 0 Å². The number of hydrogen-bond donors (Lipinski definition) is 1. The molecular weight excluding hydrogens is 289 g/mol. The SMILES string of the molecule is CC(C)[C@H]1Nc2ccc([N+](=O)[O-])cc2OC1CC(F)(F)F. The molecule has 1 aliphatic rings. The van der Waals surface area contributed by atoms with Gasteiger partial charge in [0.15, 0.2) is 0 Å². The number of nitrogens with one attached hydrogen (secondary N) is 1. The predicted molar refractivity (Wildman–Crippen MR) is 70.4 cm³/mol. The highest BCUT2D eigenvalue weighted by Gasteiger charge is 2.41. The fourth-order valence-electron chi connectivity index (χ4n) is 2.34. The normalized spacial score (nSPS) is 21.4. The Morgan fingerprint density at radius 1 is 1.43 bits per heavy atom. The van der Waals surface area contributed by atoms with Crippen molar-refractivity contribution in [3.63, 3.8) is 0 Å². The number of ether oxygens (including phenoxy) is 1. The summed E-state index contributed by atoms with van der Waals surface area (Å²) in [7, 11) is 0. The van der Waals surface area contributed by atoms with E-state index in [2.05, 4.69) is 5.32 Å². The molecule has 8 heteroatoms. The second-order valence-electron chi connectivity index (χ2n) is 5.33. The summed E-state index contributed by atoms with van der Waals surface area (Å²) in [5.74, 6) is -0.00366. The Morgan fingerprint density at radius 2 is 2.10 bits per heavy atom. The molecule has 1 aromatic carbocycles. The monoisotopic (exact) mass is 304 g/mol. The quantitative estimate of drug-likeness (QED) is 0.682. The molecule has 1 aromatic rings. The Bertz CT molecular complexity index is 546. The molecule has 0 spiro atoms. The number of rotatable bonds is 3. The van der Waals surface area contributed by atoms with E-state index in [1.165, 1.54) is 12.1 Å². The molecule has 0 saturated heterocycles. The number of non-ortho nitro benzene ring substituents is 1. The number of nitro benzene ring substituents is 1. The second-order valence-corrected chi connectivity index (χ2v) is 5.33. The van der Waals surface area contributed by atoms with Gasteiger partial charge in [-0.3, -0.25) is 10.1 Å². The molecule has 0 fully saturated rings. The van der Waals surface area contributed by atoms with Crippen molar-refractivity contribution in [2.75, 3.05) is 5.32 Å². The lowest BCUT2D eigenvalue weighted by Gasteiger charge is -2.37. The van der Waals surface area contributed by atoms with Crippen LogP contribution in [0.1, 0.15) is 20.3 Å². The van der Waals surface area contributed by atoms with Crippen LogP contribution in [0.2, 0.25) is 0 Å². The summed E-state index contributed by atoms with van der Waals surface area (Å²) in [6, 6.07) is 3.37. The first-order chi connectivity index (χ1) is 9.67. The van der Waals surface area contributed by atoms with Gasteiger partial charge in [-0.1, -0.05) is 13.8 Å². The van der Waals surface area contributed by atoms with Crippen molar-refractivity contribution in [1.82, 2.24) is 0 Å². The van der Waals surface area contributed by atoms with Crippen LogP contribution in [0.5, 0.6) is 5.75 Å². The number of anilines is 1. The molecule has 0 radical (unpaired) electrons. The molecule has 0 aromatic heterocycles. The van der Waals surface area contributed by atoms with Crippen molar-refractivity contribution in [2.24, 2.45) is 5.92 Å². The Balaban J connectivity index is 2.32. The Hall–Kier alpha value is -1.99. The van der Waals surface area contributed by atoms with Crippen molar-refractivity contribution in [3.05, 3.63) is 28.3 Å². The Morgan fingerprint density at radius 3 is 2.62 bits per heavy atom. The average Bonchev–Trinajstić information content (AvgIpc) is 2.34. The second kappa shape index (κ2) is 5.42. The van der Waals surface area contributed by atoms with Crippen molar-refractivity contribution in [3.8, 4) is 5.75 Å². The Labute approximate surface area is 119 Å². The van der Waals surface area contributed by atoms with Crippen molar-refractivity contribution >= 4 is 11.4 Å². The van der Waals surface area contributed by atoms with Crippen LogP contribution in [0.4, 0.5) is 24.5 Å². The minimum atomic E-state index is -4.36. The number of nitrogens with zero attached hydrogens (tertiary/aromatic N) is 1. The summed E-state index contributed by atoms with van der Waals surface area (Å²) in [6.45, 7) is 3.58. The summed E-state index contributed by atoms with van der Waals surface area (Å²) in [5, 5.41) is 13.7. The molecule has 21 heavy (non-hydrogen) atoms. The zero-order valence-electron chi connectivity index (χ0n) is 11.5. The van der Waals surface area contributed by atoms with E-state index in [0.29, 0.717) is 5.69 Å². The van der Waals surface area contributed by atoms with Crippen LogP contribution < -0.4 is 10.1 Å². The molecule has 0 saturated carbocycles. The highest BCUT2D eigenvalue weighted by Crippen LogP contribution is 2.39. The number of nitro groups is 1. The van der Waals surface area contributed by atoms with Gasteiger partial charge in [0.2, 0.25) is 0 Å². The summed E-state index contributed by atoms with van der Waals surface area (Å²) in [6.07, 6.45) is -6.58. The standard InChI is InChI=1S/C13H15F3N2O3/c1-7(2)12-11(6-13(14,15)16)21-10-5-8(18(19)20)3-4-9(10)17-12/h3-5,7,11-12,17H,6H2,1-2H3/t11?,12-/m1/s1. The van der Waals surface area contributed by atoms with Crippen LogP contribution in [-0.4, -0.2) is 23.2 Å². The number of alkyl halides is 3. The van der Waals surface area contributed by atoms with Gasteiger partial charge in [-0.05, 0) is 12.0 Å². The predicted octanol–water partition coefficient (Wildman–Crippen LogP) is 3.74. The molecule has 5 nitrogen and oxygen atoms in total. The molecule has 0 aliphatic carbocycles. The van der Waals surface area contributed by atoms with E-state index in [4.69, 9.17) is 4.74 Å². The largest absolute Gasteiger partial charge is 0.485 e. The first kappa shape index (κ1) is 15.4. The third-order valence-electron chi connectivity index (χ3n) is 3.33. The average molecular weight is 304 g/mol. The highest BCUT2D eigenvalue weighted by atomic mass is 19.4. The lowest BCUT2D eigenvalue weighted by atomic mass is 9.94. The number of hydrogen-bond acceptors (Lipinski definition) is 4. The maximum absolute atomic E-state index is 12.6. The summed E-state index contributed by atoms with van der Waals surface area (Å²) >= 11 is 0. The van der Waals surface area contributed by atoms with Gasteiger partial charge >= 0.3 is 6.18 Å². The molecule has 1 unspecified atom stereocenters. The zero-order chi connectivity index (χ0) is 15.8. The van der Waals surface area contributed by atoms with Crippen LogP contribution in [0, 0.1) is 16.0 Å². The number of fused-ring (bicyclic) bond motifs is 1. The van der Waals surface area contributed by atoms with Crippen molar-refractivity contribution in [1.29, 1.82) is 0 Å². The first-order valence-corrected chi connectivity index (χ1v) is 6.46. The third kappa shape index (κ3) is 3.56. The van der Waals surface area contributed by atoms with Crippen molar-refractivity contribution < 1.29 is 22.8 Å². The molecule has 2 atom stereocenters. The maximum Gasteiger partial charge on any atom is 0.392 e. The van der Waals surface area contributed by atoms with Crippen LogP contribution in [0.3, 0.4) is 0 Å². The molecule has 2 rings (SSSR count). The van der Waals surface area contributed by atoms with Gasteiger partial charge in [0, 0.05) is 6.07 Å². The molecule has 1 heterocycles. The van der Waals surface area contributed by atoms with Gasteiger partial charge in [0.05, 0.1) is 29.1 Å². The number of halogens is 3. The van der Waals surface area contributed by atoms with Gasteiger partial charge in [0.25, 0.3) is 5.69 Å². The zero-order valence-corrected chi connectivity index (χ0v) is 11.5. The fraction of sp³-hybridized carbons (Fsp3) is 0.538. The molecule has 1 N–H and O–H groups in total. The van der Waals surface area contributed by atoms with Crippen LogP contribution in [0.15, 0.2) is 18.2 Å². The lowest BCUT2D eigenvalue weighted by molar-refractivity contribution is -0.384. The maximum atomic E-state index is 12.6. The van der Waals surface area contributed by atoms with Crippen LogP contribution in [-0.2, 0) is 0 Å². The van der Waals surface area contributed by atoms with E-state index >= 15 is 0 Å². The van der Waals surface area contributed by atoms with Gasteiger partial charge < -0.3 is 10.1 Å². The fourth-order valence-corrected chi connectivity index (χ4v) is 2.34. The molecule has 1 aliphatic heterocycles. The minimum absolute atomic E-state index is 0.0790. The van der Waals surface area contributed by atoms with Gasteiger partial charge in [-0.15, -0.1) is 0 Å². The minimum Gasteiger partial charge on any atom is -0.485 e. The summed E-state index contributed by atoms with van der Waals surface area (Å²) < 4.78 is 43.3.